The highest BCUT2D eigenvalue weighted by Crippen LogP contribution is 2.32. The number of alkyl halides is 3. The molecule has 1 saturated heterocycles. The molecule has 0 spiro atoms. The first-order valence-electron chi connectivity index (χ1n) is 9.78. The maximum Gasteiger partial charge on any atom is 0.449 e. The van der Waals surface area contributed by atoms with Gasteiger partial charge < -0.3 is 14.7 Å². The molecule has 5 rings (SSSR count). The van der Waals surface area contributed by atoms with Crippen molar-refractivity contribution < 1.29 is 17.6 Å². The second kappa shape index (κ2) is 6.98. The van der Waals surface area contributed by atoms with Crippen molar-refractivity contribution >= 4 is 22.0 Å². The molecule has 1 unspecified atom stereocenters. The quantitative estimate of drug-likeness (QED) is 0.476. The second-order valence-electron chi connectivity index (χ2n) is 7.52. The molecule has 2 aromatic carbocycles. The van der Waals surface area contributed by atoms with E-state index in [1.165, 1.54) is 31.0 Å². The Labute approximate surface area is 168 Å². The van der Waals surface area contributed by atoms with Crippen molar-refractivity contribution in [3.05, 3.63) is 64.1 Å². The summed E-state index contributed by atoms with van der Waals surface area (Å²) in [7, 11) is 0. The molecule has 0 radical (unpaired) electrons. The molecule has 0 amide bonds. The third-order valence-electron chi connectivity index (χ3n) is 5.52. The summed E-state index contributed by atoms with van der Waals surface area (Å²) in [6.07, 6.45) is -1.19. The summed E-state index contributed by atoms with van der Waals surface area (Å²) in [6, 6.07) is 12.2. The van der Waals surface area contributed by atoms with Crippen LogP contribution >= 0.6 is 0 Å². The van der Waals surface area contributed by atoms with Crippen LogP contribution in [0.2, 0.25) is 0 Å². The molecule has 1 aliphatic heterocycles. The molecular formula is C22H18F3N3O2. The number of fused-ring (bicyclic) bond motifs is 3. The highest BCUT2D eigenvalue weighted by atomic mass is 19.4. The van der Waals surface area contributed by atoms with E-state index < -0.39 is 12.0 Å². The maximum atomic E-state index is 13.0. The van der Waals surface area contributed by atoms with Crippen LogP contribution < -0.4 is 10.7 Å². The van der Waals surface area contributed by atoms with Gasteiger partial charge in [0.05, 0.1) is 10.9 Å². The van der Waals surface area contributed by atoms with Gasteiger partial charge in [0, 0.05) is 17.7 Å². The summed E-state index contributed by atoms with van der Waals surface area (Å²) < 4.78 is 45.0. The van der Waals surface area contributed by atoms with Crippen molar-refractivity contribution in [2.24, 2.45) is 0 Å². The molecule has 0 bridgehead atoms. The van der Waals surface area contributed by atoms with Crippen molar-refractivity contribution in [1.29, 1.82) is 0 Å². The molecule has 1 aliphatic rings. The lowest BCUT2D eigenvalue weighted by Crippen LogP contribution is -2.26. The van der Waals surface area contributed by atoms with E-state index in [9.17, 15) is 18.0 Å². The van der Waals surface area contributed by atoms with Gasteiger partial charge in [-0.05, 0) is 37.1 Å². The molecule has 3 heterocycles. The summed E-state index contributed by atoms with van der Waals surface area (Å²) in [4.78, 5) is 18.5. The smallest absolute Gasteiger partial charge is 0.449 e. The van der Waals surface area contributed by atoms with Gasteiger partial charge in [0.15, 0.2) is 11.0 Å². The molecule has 30 heavy (non-hydrogen) atoms. The highest BCUT2D eigenvalue weighted by Gasteiger charge is 2.35. The SMILES string of the molecule is O=c1cc(-c2ccc(C3CCCCN3)cc2)oc2c1ccc1[nH]c(C(F)(F)F)nc12. The van der Waals surface area contributed by atoms with Crippen LogP contribution in [0.3, 0.4) is 0 Å². The Morgan fingerprint density at radius 2 is 1.87 bits per heavy atom. The summed E-state index contributed by atoms with van der Waals surface area (Å²) in [5, 5.41) is 3.67. The van der Waals surface area contributed by atoms with Gasteiger partial charge in [-0.1, -0.05) is 30.7 Å². The van der Waals surface area contributed by atoms with Crippen LogP contribution in [0.1, 0.15) is 36.7 Å². The highest BCUT2D eigenvalue weighted by molar-refractivity contribution is 6.00. The minimum Gasteiger partial charge on any atom is -0.453 e. The van der Waals surface area contributed by atoms with Gasteiger partial charge in [-0.15, -0.1) is 0 Å². The average molecular weight is 413 g/mol. The summed E-state index contributed by atoms with van der Waals surface area (Å²) in [5.74, 6) is -0.831. The third kappa shape index (κ3) is 3.27. The zero-order valence-corrected chi connectivity index (χ0v) is 15.8. The molecule has 0 aliphatic carbocycles. The Morgan fingerprint density at radius 1 is 1.07 bits per heavy atom. The summed E-state index contributed by atoms with van der Waals surface area (Å²) >= 11 is 0. The number of aromatic amines is 1. The van der Waals surface area contributed by atoms with Crippen molar-refractivity contribution in [2.75, 3.05) is 6.54 Å². The van der Waals surface area contributed by atoms with Gasteiger partial charge >= 0.3 is 6.18 Å². The normalized spacial score (nSPS) is 17.6. The molecule has 2 N–H and O–H groups in total. The number of benzene rings is 2. The van der Waals surface area contributed by atoms with E-state index in [4.69, 9.17) is 4.42 Å². The zero-order valence-electron chi connectivity index (χ0n) is 15.8. The van der Waals surface area contributed by atoms with Crippen LogP contribution in [-0.2, 0) is 6.18 Å². The van der Waals surface area contributed by atoms with Crippen LogP contribution in [0.25, 0.3) is 33.3 Å². The molecule has 8 heteroatoms. The number of aromatic nitrogens is 2. The van der Waals surface area contributed by atoms with Gasteiger partial charge in [0.25, 0.3) is 0 Å². The minimum absolute atomic E-state index is 0.0122. The Balaban J connectivity index is 1.60. The van der Waals surface area contributed by atoms with Crippen molar-refractivity contribution in [2.45, 2.75) is 31.5 Å². The Morgan fingerprint density at radius 3 is 2.57 bits per heavy atom. The number of piperidine rings is 1. The predicted molar refractivity (Wildman–Crippen MR) is 107 cm³/mol. The fraction of sp³-hybridized carbons (Fsp3) is 0.273. The van der Waals surface area contributed by atoms with E-state index in [-0.39, 0.29) is 27.4 Å². The lowest BCUT2D eigenvalue weighted by atomic mass is 9.96. The summed E-state index contributed by atoms with van der Waals surface area (Å²) in [5.41, 5.74) is 1.70. The van der Waals surface area contributed by atoms with Crippen molar-refractivity contribution in [1.82, 2.24) is 15.3 Å². The Bertz CT molecular complexity index is 1280. The van der Waals surface area contributed by atoms with E-state index >= 15 is 0 Å². The molecule has 4 aromatic rings. The topological polar surface area (TPSA) is 70.9 Å². The van der Waals surface area contributed by atoms with Gasteiger partial charge in [0.2, 0.25) is 5.82 Å². The first kappa shape index (κ1) is 18.9. The lowest BCUT2D eigenvalue weighted by molar-refractivity contribution is -0.144. The van der Waals surface area contributed by atoms with Gasteiger partial charge in [0.1, 0.15) is 11.3 Å². The molecule has 0 saturated carbocycles. The number of nitrogens with one attached hydrogen (secondary N) is 2. The Hall–Kier alpha value is -3.13. The van der Waals surface area contributed by atoms with Crippen LogP contribution in [0.15, 0.2) is 51.7 Å². The number of imidazole rings is 1. The fourth-order valence-electron chi connectivity index (χ4n) is 3.98. The van der Waals surface area contributed by atoms with E-state index in [2.05, 4.69) is 15.3 Å². The molecule has 2 aromatic heterocycles. The standard InChI is InChI=1S/C22H18F3N3O2/c23-22(24,25)21-27-16-9-8-14-17(29)11-18(30-20(14)19(16)28-21)13-6-4-12(5-7-13)15-3-1-2-10-26-15/h4-9,11,15,26H,1-3,10H2,(H,27,28). The first-order valence-corrected chi connectivity index (χ1v) is 9.78. The number of nitrogens with zero attached hydrogens (tertiary/aromatic N) is 1. The van der Waals surface area contributed by atoms with Crippen molar-refractivity contribution in [3.8, 4) is 11.3 Å². The van der Waals surface area contributed by atoms with Gasteiger partial charge in [-0.25, -0.2) is 4.98 Å². The van der Waals surface area contributed by atoms with Crippen LogP contribution in [0, 0.1) is 0 Å². The van der Waals surface area contributed by atoms with Crippen LogP contribution in [0.5, 0.6) is 0 Å². The summed E-state index contributed by atoms with van der Waals surface area (Å²) in [6.45, 7) is 0.992. The van der Waals surface area contributed by atoms with E-state index in [0.29, 0.717) is 17.4 Å². The maximum absolute atomic E-state index is 13.0. The lowest BCUT2D eigenvalue weighted by Gasteiger charge is -2.23. The molecule has 154 valence electrons. The molecule has 5 nitrogen and oxygen atoms in total. The zero-order chi connectivity index (χ0) is 20.9. The van der Waals surface area contributed by atoms with E-state index in [1.807, 2.05) is 24.3 Å². The average Bonchev–Trinajstić information content (AvgIpc) is 3.20. The van der Waals surface area contributed by atoms with Gasteiger partial charge in [-0.2, -0.15) is 13.2 Å². The molecule has 1 atom stereocenters. The first-order chi connectivity index (χ1) is 14.4. The van der Waals surface area contributed by atoms with Crippen LogP contribution in [-0.4, -0.2) is 16.5 Å². The number of rotatable bonds is 2. The second-order valence-corrected chi connectivity index (χ2v) is 7.52. The minimum atomic E-state index is -4.62. The largest absolute Gasteiger partial charge is 0.453 e. The van der Waals surface area contributed by atoms with E-state index in [1.54, 1.807) is 0 Å². The molecule has 1 fully saturated rings. The number of hydrogen-bond acceptors (Lipinski definition) is 4. The Kier molecular flexibility index (Phi) is 4.39. The van der Waals surface area contributed by atoms with Crippen molar-refractivity contribution in [3.63, 3.8) is 0 Å². The molecular weight excluding hydrogens is 395 g/mol. The monoisotopic (exact) mass is 413 g/mol. The fourth-order valence-corrected chi connectivity index (χ4v) is 3.98. The van der Waals surface area contributed by atoms with E-state index in [0.717, 1.165) is 18.5 Å². The van der Waals surface area contributed by atoms with Crippen LogP contribution in [0.4, 0.5) is 13.2 Å². The number of halogens is 3. The third-order valence-corrected chi connectivity index (χ3v) is 5.52. The van der Waals surface area contributed by atoms with Gasteiger partial charge in [-0.3, -0.25) is 4.79 Å². The predicted octanol–water partition coefficient (Wildman–Crippen LogP) is 5.17. The number of H-pyrrole nitrogens is 1. The number of hydrogen-bond donors (Lipinski definition) is 2.